The van der Waals surface area contributed by atoms with Crippen LogP contribution < -0.4 is 0 Å². The van der Waals surface area contributed by atoms with E-state index < -0.39 is 12.7 Å². The van der Waals surface area contributed by atoms with Gasteiger partial charge in [-0.05, 0) is 18.4 Å². The van der Waals surface area contributed by atoms with Crippen molar-refractivity contribution in [3.05, 3.63) is 35.9 Å². The minimum atomic E-state index is -4.24. The summed E-state index contributed by atoms with van der Waals surface area (Å²) in [5, 5.41) is 0. The van der Waals surface area contributed by atoms with Crippen LogP contribution in [0.4, 0.5) is 13.2 Å². The highest BCUT2D eigenvalue weighted by Crippen LogP contribution is 2.29. The number of carbonyl (C=O) groups is 1. The van der Waals surface area contributed by atoms with Gasteiger partial charge in [0.25, 0.3) is 0 Å². The molecule has 0 saturated heterocycles. The summed E-state index contributed by atoms with van der Waals surface area (Å²) >= 11 is 0. The van der Waals surface area contributed by atoms with Gasteiger partial charge in [-0.25, -0.2) is 0 Å². The van der Waals surface area contributed by atoms with Gasteiger partial charge in [-0.15, -0.1) is 0 Å². The largest absolute Gasteiger partial charge is 0.401 e. The summed E-state index contributed by atoms with van der Waals surface area (Å²) < 4.78 is 37.3. The van der Waals surface area contributed by atoms with Gasteiger partial charge in [0.2, 0.25) is 0 Å². The van der Waals surface area contributed by atoms with Gasteiger partial charge in [0.1, 0.15) is 0 Å². The highest BCUT2D eigenvalue weighted by atomic mass is 19.4. The van der Waals surface area contributed by atoms with E-state index in [1.54, 1.807) is 0 Å². The van der Waals surface area contributed by atoms with E-state index in [9.17, 15) is 18.0 Å². The number of ketones is 1. The lowest BCUT2D eigenvalue weighted by Crippen LogP contribution is -2.39. The Balaban J connectivity index is 1.88. The Hall–Kier alpha value is -1.36. The van der Waals surface area contributed by atoms with Crippen molar-refractivity contribution in [3.8, 4) is 0 Å². The fraction of sp³-hybridized carbons (Fsp3) is 0.500. The lowest BCUT2D eigenvalue weighted by molar-refractivity contribution is -0.149. The molecule has 2 rings (SSSR count). The summed E-state index contributed by atoms with van der Waals surface area (Å²) in [5.74, 6) is -0.164. The summed E-state index contributed by atoms with van der Waals surface area (Å²) in [7, 11) is 0. The number of alkyl halides is 3. The first-order valence-corrected chi connectivity index (χ1v) is 6.30. The molecule has 0 aliphatic heterocycles. The zero-order valence-corrected chi connectivity index (χ0v) is 10.5. The molecule has 0 bridgehead atoms. The molecule has 5 heteroatoms. The van der Waals surface area contributed by atoms with Crippen LogP contribution >= 0.6 is 0 Å². The molecule has 0 heterocycles. The summed E-state index contributed by atoms with van der Waals surface area (Å²) in [4.78, 5) is 13.1. The van der Waals surface area contributed by atoms with Crippen molar-refractivity contribution in [1.29, 1.82) is 0 Å². The molecular weight excluding hydrogens is 255 g/mol. The Bertz CT molecular complexity index is 426. The van der Waals surface area contributed by atoms with Crippen LogP contribution in [0.15, 0.2) is 30.3 Å². The number of rotatable bonds is 6. The number of nitrogens with zero attached hydrogens (tertiary/aromatic N) is 1. The van der Waals surface area contributed by atoms with Crippen LogP contribution in [0.3, 0.4) is 0 Å². The first kappa shape index (κ1) is 14.1. The molecule has 19 heavy (non-hydrogen) atoms. The van der Waals surface area contributed by atoms with Gasteiger partial charge in [0.05, 0.1) is 13.1 Å². The standard InChI is InChI=1S/C14H16F3NO/c15-14(16,17)10-18(12-6-7-12)9-13(19)8-11-4-2-1-3-5-11/h1-5,12H,6-10H2. The summed E-state index contributed by atoms with van der Waals surface area (Å²) in [6.07, 6.45) is -2.53. The summed E-state index contributed by atoms with van der Waals surface area (Å²) in [6, 6.07) is 9.02. The molecule has 1 saturated carbocycles. The molecule has 1 aliphatic carbocycles. The van der Waals surface area contributed by atoms with E-state index >= 15 is 0 Å². The van der Waals surface area contributed by atoms with Crippen LogP contribution in [-0.2, 0) is 11.2 Å². The molecule has 0 unspecified atom stereocenters. The predicted octanol–water partition coefficient (Wildman–Crippen LogP) is 2.82. The maximum Gasteiger partial charge on any atom is 0.401 e. The second-order valence-corrected chi connectivity index (χ2v) is 4.95. The minimum absolute atomic E-state index is 0.0682. The molecule has 0 amide bonds. The first-order valence-electron chi connectivity index (χ1n) is 6.30. The average Bonchev–Trinajstić information content (AvgIpc) is 3.11. The molecule has 1 aromatic rings. The van der Waals surface area contributed by atoms with Gasteiger partial charge in [0.15, 0.2) is 5.78 Å². The molecule has 0 radical (unpaired) electrons. The third-order valence-electron chi connectivity index (χ3n) is 3.07. The minimum Gasteiger partial charge on any atom is -0.298 e. The Kier molecular flexibility index (Phi) is 4.24. The Morgan fingerprint density at radius 1 is 1.21 bits per heavy atom. The smallest absolute Gasteiger partial charge is 0.298 e. The van der Waals surface area contributed by atoms with Crippen LogP contribution in [0.2, 0.25) is 0 Å². The zero-order chi connectivity index (χ0) is 13.9. The number of benzene rings is 1. The lowest BCUT2D eigenvalue weighted by Gasteiger charge is -2.22. The van der Waals surface area contributed by atoms with Crippen molar-refractivity contribution >= 4 is 5.78 Å². The molecule has 1 fully saturated rings. The first-order chi connectivity index (χ1) is 8.94. The summed E-state index contributed by atoms with van der Waals surface area (Å²) in [6.45, 7) is -1.10. The van der Waals surface area contributed by atoms with Crippen LogP contribution in [0.5, 0.6) is 0 Å². The molecule has 1 aromatic carbocycles. The van der Waals surface area contributed by atoms with Crippen molar-refractivity contribution < 1.29 is 18.0 Å². The van der Waals surface area contributed by atoms with Crippen molar-refractivity contribution in [2.45, 2.75) is 31.5 Å². The topological polar surface area (TPSA) is 20.3 Å². The fourth-order valence-corrected chi connectivity index (χ4v) is 2.09. The van der Waals surface area contributed by atoms with Crippen LogP contribution in [0.25, 0.3) is 0 Å². The van der Waals surface area contributed by atoms with E-state index in [0.29, 0.717) is 0 Å². The molecule has 0 aromatic heterocycles. The maximum absolute atomic E-state index is 12.4. The molecular formula is C14H16F3NO. The second-order valence-electron chi connectivity index (χ2n) is 4.95. The highest BCUT2D eigenvalue weighted by molar-refractivity contribution is 5.82. The Labute approximate surface area is 110 Å². The second kappa shape index (κ2) is 5.74. The van der Waals surface area contributed by atoms with E-state index in [1.165, 1.54) is 4.90 Å². The predicted molar refractivity (Wildman–Crippen MR) is 65.8 cm³/mol. The molecule has 2 nitrogen and oxygen atoms in total. The van der Waals surface area contributed by atoms with Crippen molar-refractivity contribution in [2.24, 2.45) is 0 Å². The van der Waals surface area contributed by atoms with Crippen molar-refractivity contribution in [1.82, 2.24) is 4.90 Å². The Morgan fingerprint density at radius 3 is 2.37 bits per heavy atom. The van der Waals surface area contributed by atoms with E-state index in [-0.39, 0.29) is 24.8 Å². The van der Waals surface area contributed by atoms with Crippen LogP contribution in [-0.4, -0.2) is 36.0 Å². The van der Waals surface area contributed by atoms with Gasteiger partial charge >= 0.3 is 6.18 Å². The quantitative estimate of drug-likeness (QED) is 0.793. The highest BCUT2D eigenvalue weighted by Gasteiger charge is 2.38. The third-order valence-corrected chi connectivity index (χ3v) is 3.07. The van der Waals surface area contributed by atoms with Crippen molar-refractivity contribution in [3.63, 3.8) is 0 Å². The van der Waals surface area contributed by atoms with Gasteiger partial charge in [0, 0.05) is 12.5 Å². The maximum atomic E-state index is 12.4. The zero-order valence-electron chi connectivity index (χ0n) is 10.5. The van der Waals surface area contributed by atoms with E-state index in [4.69, 9.17) is 0 Å². The number of halogens is 3. The lowest BCUT2D eigenvalue weighted by atomic mass is 10.1. The van der Waals surface area contributed by atoms with Gasteiger partial charge in [-0.1, -0.05) is 30.3 Å². The number of Topliss-reactive ketones (excluding diaryl/α,β-unsaturated/α-hetero) is 1. The average molecular weight is 271 g/mol. The van der Waals surface area contributed by atoms with E-state index in [0.717, 1.165) is 18.4 Å². The number of hydrogen-bond acceptors (Lipinski definition) is 2. The molecule has 0 spiro atoms. The van der Waals surface area contributed by atoms with E-state index in [2.05, 4.69) is 0 Å². The number of carbonyl (C=O) groups excluding carboxylic acids is 1. The van der Waals surface area contributed by atoms with Gasteiger partial charge in [-0.2, -0.15) is 13.2 Å². The van der Waals surface area contributed by atoms with Crippen molar-refractivity contribution in [2.75, 3.05) is 13.1 Å². The van der Waals surface area contributed by atoms with Gasteiger partial charge in [-0.3, -0.25) is 9.69 Å². The fourth-order valence-electron chi connectivity index (χ4n) is 2.09. The molecule has 104 valence electrons. The Morgan fingerprint density at radius 2 is 1.84 bits per heavy atom. The summed E-state index contributed by atoms with van der Waals surface area (Å²) in [5.41, 5.74) is 0.843. The monoisotopic (exact) mass is 271 g/mol. The normalized spacial score (nSPS) is 15.8. The molecule has 1 aliphatic rings. The SMILES string of the molecule is O=C(Cc1ccccc1)CN(CC(F)(F)F)C1CC1. The third kappa shape index (κ3) is 5.03. The molecule has 0 atom stereocenters. The van der Waals surface area contributed by atoms with Gasteiger partial charge < -0.3 is 0 Å². The number of hydrogen-bond donors (Lipinski definition) is 0. The van der Waals surface area contributed by atoms with Crippen LogP contribution in [0.1, 0.15) is 18.4 Å². The van der Waals surface area contributed by atoms with Crippen LogP contribution in [0, 0.1) is 0 Å². The molecule has 0 N–H and O–H groups in total. The van der Waals surface area contributed by atoms with E-state index in [1.807, 2.05) is 30.3 Å².